The first-order valence-electron chi connectivity index (χ1n) is 8.15. The lowest BCUT2D eigenvalue weighted by Crippen LogP contribution is -3.09. The van der Waals surface area contributed by atoms with Crippen LogP contribution in [0.3, 0.4) is 0 Å². The van der Waals surface area contributed by atoms with Gasteiger partial charge in [-0.2, -0.15) is 0 Å². The van der Waals surface area contributed by atoms with Crippen LogP contribution in [0.1, 0.15) is 37.3 Å². The number of nitrogens with zero attached hydrogens (tertiary/aromatic N) is 1. The van der Waals surface area contributed by atoms with E-state index in [-0.39, 0.29) is 0 Å². The summed E-state index contributed by atoms with van der Waals surface area (Å²) in [5, 5.41) is 0. The van der Waals surface area contributed by atoms with Crippen molar-refractivity contribution in [2.24, 2.45) is 0 Å². The zero-order valence-corrected chi connectivity index (χ0v) is 15.5. The van der Waals surface area contributed by atoms with Gasteiger partial charge in [0.2, 0.25) is 0 Å². The molecule has 0 aromatic heterocycles. The van der Waals surface area contributed by atoms with Crippen LogP contribution in [-0.2, 0) is 6.42 Å². The second kappa shape index (κ2) is 11.0. The molecule has 1 N–H and O–H groups in total. The molecule has 1 aromatic carbocycles. The molecular formula is C18H31BrN2+2. The summed E-state index contributed by atoms with van der Waals surface area (Å²) in [4.78, 5) is 1.67. The van der Waals surface area contributed by atoms with E-state index in [1.54, 1.807) is 4.90 Å². The number of alkyl halides is 1. The van der Waals surface area contributed by atoms with E-state index in [0.717, 1.165) is 0 Å². The number of hydrogen-bond acceptors (Lipinski definition) is 0. The number of halogens is 1. The molecule has 1 aromatic rings. The zero-order valence-electron chi connectivity index (χ0n) is 13.9. The van der Waals surface area contributed by atoms with Gasteiger partial charge in [-0.05, 0) is 30.3 Å². The molecule has 21 heavy (non-hydrogen) atoms. The lowest BCUT2D eigenvalue weighted by atomic mass is 10.0. The summed E-state index contributed by atoms with van der Waals surface area (Å²) in [6, 6.07) is 8.78. The summed E-state index contributed by atoms with van der Waals surface area (Å²) in [7, 11) is 2.33. The summed E-state index contributed by atoms with van der Waals surface area (Å²) < 4.78 is 2.49. The van der Waals surface area contributed by atoms with E-state index in [1.807, 2.05) is 5.83 Å². The minimum absolute atomic E-state index is 1.18. The van der Waals surface area contributed by atoms with Gasteiger partial charge in [0.05, 0.1) is 13.6 Å². The standard InChI is InChI=1S/C17H27N2.CH3Br/c1-3-4-7-11-18(2)13-14-19-12-10-16-8-5-6-9-17(16)15-19;1-2/h5-6,8-9,15H,3-4,7,10-14H2,1-2H3;1H3/q+1;/p+1. The number of quaternary nitrogens is 1. The van der Waals surface area contributed by atoms with E-state index >= 15 is 0 Å². The number of nitrogens with one attached hydrogen (secondary N) is 1. The Kier molecular flexibility index (Phi) is 9.60. The van der Waals surface area contributed by atoms with Crippen LogP contribution in [0, 0.1) is 0 Å². The SMILES string of the molecule is CBr.CCCCC[NH+](C)CC[N+]1=Cc2ccccc2CC1. The average Bonchev–Trinajstić information content (AvgIpc) is 2.55. The Balaban J connectivity index is 0.00000106. The highest BCUT2D eigenvalue weighted by Crippen LogP contribution is 2.10. The van der Waals surface area contributed by atoms with Crippen molar-refractivity contribution in [2.45, 2.75) is 32.6 Å². The summed E-state index contributed by atoms with van der Waals surface area (Å²) in [5.41, 5.74) is 2.92. The van der Waals surface area contributed by atoms with Gasteiger partial charge in [-0.25, -0.2) is 4.58 Å². The van der Waals surface area contributed by atoms with E-state index in [1.165, 1.54) is 63.0 Å². The van der Waals surface area contributed by atoms with E-state index in [9.17, 15) is 0 Å². The van der Waals surface area contributed by atoms with Crippen LogP contribution in [-0.4, -0.2) is 49.8 Å². The smallest absolute Gasteiger partial charge is 0.191 e. The maximum absolute atomic E-state index is 2.94. The van der Waals surface area contributed by atoms with E-state index < -0.39 is 0 Å². The molecule has 1 unspecified atom stereocenters. The summed E-state index contributed by atoms with van der Waals surface area (Å²) >= 11 is 2.94. The molecule has 1 atom stereocenters. The van der Waals surface area contributed by atoms with Crippen LogP contribution in [0.25, 0.3) is 0 Å². The summed E-state index contributed by atoms with van der Waals surface area (Å²) in [6.07, 6.45) is 7.61. The topological polar surface area (TPSA) is 7.45 Å². The highest BCUT2D eigenvalue weighted by Gasteiger charge is 2.16. The number of benzene rings is 1. The first-order chi connectivity index (χ1) is 10.3. The third-order valence-electron chi connectivity index (χ3n) is 4.08. The van der Waals surface area contributed by atoms with Crippen molar-refractivity contribution in [1.29, 1.82) is 0 Å². The fourth-order valence-corrected chi connectivity index (χ4v) is 2.73. The lowest BCUT2D eigenvalue weighted by molar-refractivity contribution is -0.887. The Morgan fingerprint density at radius 1 is 1.14 bits per heavy atom. The molecule has 0 amide bonds. The van der Waals surface area contributed by atoms with Crippen molar-refractivity contribution in [1.82, 2.24) is 0 Å². The van der Waals surface area contributed by atoms with Crippen LogP contribution in [0.5, 0.6) is 0 Å². The van der Waals surface area contributed by atoms with Gasteiger partial charge in [0.25, 0.3) is 0 Å². The fraction of sp³-hybridized carbons (Fsp3) is 0.611. The zero-order chi connectivity index (χ0) is 15.5. The molecule has 1 aliphatic heterocycles. The molecule has 2 rings (SSSR count). The largest absolute Gasteiger partial charge is 0.332 e. The van der Waals surface area contributed by atoms with Gasteiger partial charge in [-0.1, -0.05) is 47.5 Å². The van der Waals surface area contributed by atoms with Gasteiger partial charge < -0.3 is 4.90 Å². The molecule has 0 fully saturated rings. The normalized spacial score (nSPS) is 14.6. The molecule has 0 bridgehead atoms. The van der Waals surface area contributed by atoms with Crippen LogP contribution in [0.2, 0.25) is 0 Å². The van der Waals surface area contributed by atoms with E-state index in [2.05, 4.69) is 65.0 Å². The molecule has 1 aliphatic rings. The predicted molar refractivity (Wildman–Crippen MR) is 96.3 cm³/mol. The average molecular weight is 355 g/mol. The number of rotatable bonds is 7. The molecule has 0 aliphatic carbocycles. The van der Waals surface area contributed by atoms with Crippen LogP contribution < -0.4 is 4.90 Å². The van der Waals surface area contributed by atoms with Crippen molar-refractivity contribution in [3.05, 3.63) is 35.4 Å². The van der Waals surface area contributed by atoms with Gasteiger partial charge >= 0.3 is 0 Å². The third-order valence-corrected chi connectivity index (χ3v) is 4.08. The minimum atomic E-state index is 1.18. The number of likely N-dealkylation sites (N-methyl/N-ethyl adjacent to an activating group) is 1. The Morgan fingerprint density at radius 2 is 1.90 bits per heavy atom. The maximum atomic E-state index is 2.94. The van der Waals surface area contributed by atoms with Crippen LogP contribution >= 0.6 is 15.9 Å². The Labute approximate surface area is 139 Å². The Hall–Kier alpha value is -0.670. The predicted octanol–water partition coefficient (Wildman–Crippen LogP) is 2.39. The Morgan fingerprint density at radius 3 is 2.67 bits per heavy atom. The maximum Gasteiger partial charge on any atom is 0.191 e. The number of hydrogen-bond donors (Lipinski definition) is 1. The quantitative estimate of drug-likeness (QED) is 0.436. The van der Waals surface area contributed by atoms with Gasteiger partial charge in [0, 0.05) is 12.0 Å². The first-order valence-corrected chi connectivity index (χ1v) is 9.74. The van der Waals surface area contributed by atoms with Crippen molar-refractivity contribution in [3.8, 4) is 0 Å². The van der Waals surface area contributed by atoms with Crippen LogP contribution in [0.4, 0.5) is 0 Å². The molecular weight excluding hydrogens is 324 g/mol. The van der Waals surface area contributed by atoms with Crippen molar-refractivity contribution in [2.75, 3.05) is 39.1 Å². The second-order valence-corrected chi connectivity index (χ2v) is 5.78. The lowest BCUT2D eigenvalue weighted by Gasteiger charge is -2.15. The molecule has 0 radical (unpaired) electrons. The van der Waals surface area contributed by atoms with Gasteiger partial charge in [0.1, 0.15) is 13.1 Å². The molecule has 0 saturated heterocycles. The highest BCUT2D eigenvalue weighted by atomic mass is 79.9. The Bertz CT molecular complexity index is 429. The minimum Gasteiger partial charge on any atom is -0.332 e. The second-order valence-electron chi connectivity index (χ2n) is 5.78. The van der Waals surface area contributed by atoms with Gasteiger partial charge in [-0.3, -0.25) is 0 Å². The molecule has 3 heteroatoms. The molecule has 0 spiro atoms. The van der Waals surface area contributed by atoms with Crippen LogP contribution in [0.15, 0.2) is 24.3 Å². The van der Waals surface area contributed by atoms with E-state index in [4.69, 9.17) is 0 Å². The molecule has 2 nitrogen and oxygen atoms in total. The molecule has 0 saturated carbocycles. The van der Waals surface area contributed by atoms with Crippen molar-refractivity contribution < 1.29 is 9.48 Å². The molecule has 118 valence electrons. The van der Waals surface area contributed by atoms with Crippen molar-refractivity contribution in [3.63, 3.8) is 0 Å². The fourth-order valence-electron chi connectivity index (χ4n) is 2.73. The first kappa shape index (κ1) is 18.4. The molecule has 1 heterocycles. The summed E-state index contributed by atoms with van der Waals surface area (Å²) in [6.45, 7) is 7.21. The number of fused-ring (bicyclic) bond motifs is 1. The third kappa shape index (κ3) is 6.75. The monoisotopic (exact) mass is 354 g/mol. The highest BCUT2D eigenvalue weighted by molar-refractivity contribution is 9.08. The van der Waals surface area contributed by atoms with Crippen molar-refractivity contribution >= 4 is 22.1 Å². The summed E-state index contributed by atoms with van der Waals surface area (Å²) in [5.74, 6) is 1.81. The van der Waals surface area contributed by atoms with Gasteiger partial charge in [0.15, 0.2) is 12.8 Å². The van der Waals surface area contributed by atoms with Gasteiger partial charge in [-0.15, -0.1) is 0 Å². The number of unbranched alkanes of at least 4 members (excludes halogenated alkanes) is 2. The van der Waals surface area contributed by atoms with E-state index in [0.29, 0.717) is 0 Å².